The molecular weight excluding hydrogens is 414 g/mol. The molecule has 1 saturated heterocycles. The minimum atomic E-state index is 0.0751. The molecule has 0 saturated carbocycles. The second-order valence-electron chi connectivity index (χ2n) is 9.36. The lowest BCUT2D eigenvalue weighted by Crippen LogP contribution is -2.30. The van der Waals surface area contributed by atoms with Crippen LogP contribution in [0, 0.1) is 13.8 Å². The van der Waals surface area contributed by atoms with E-state index in [0.717, 1.165) is 60.1 Å². The summed E-state index contributed by atoms with van der Waals surface area (Å²) in [6.45, 7) is 11.0. The molecule has 0 bridgehead atoms. The van der Waals surface area contributed by atoms with Crippen LogP contribution in [0.3, 0.4) is 0 Å². The first kappa shape index (κ1) is 23.2. The van der Waals surface area contributed by atoms with Crippen LogP contribution in [0.15, 0.2) is 30.3 Å². The van der Waals surface area contributed by atoms with E-state index >= 15 is 0 Å². The van der Waals surface area contributed by atoms with Crippen LogP contribution in [-0.4, -0.2) is 51.6 Å². The van der Waals surface area contributed by atoms with Crippen molar-refractivity contribution >= 4 is 11.6 Å². The summed E-state index contributed by atoms with van der Waals surface area (Å²) in [7, 11) is 1.73. The number of aromatic nitrogens is 3. The molecule has 7 nitrogen and oxygen atoms in total. The van der Waals surface area contributed by atoms with Crippen LogP contribution >= 0.6 is 0 Å². The number of rotatable bonds is 8. The number of nitrogens with one attached hydrogen (secondary N) is 1. The predicted molar refractivity (Wildman–Crippen MR) is 130 cm³/mol. The van der Waals surface area contributed by atoms with Crippen LogP contribution in [0.25, 0.3) is 5.65 Å². The minimum Gasteiger partial charge on any atom is -0.496 e. The summed E-state index contributed by atoms with van der Waals surface area (Å²) in [5.41, 5.74) is 6.37. The first-order chi connectivity index (χ1) is 15.9. The van der Waals surface area contributed by atoms with Gasteiger partial charge in [0.1, 0.15) is 5.75 Å². The summed E-state index contributed by atoms with van der Waals surface area (Å²) < 4.78 is 7.48. The second kappa shape index (κ2) is 9.91. The van der Waals surface area contributed by atoms with Gasteiger partial charge in [-0.15, -0.1) is 0 Å². The van der Waals surface area contributed by atoms with Crippen LogP contribution in [0.1, 0.15) is 60.8 Å². The highest BCUT2D eigenvalue weighted by atomic mass is 16.5. The molecule has 0 radical (unpaired) electrons. The van der Waals surface area contributed by atoms with E-state index in [1.807, 2.05) is 37.4 Å². The maximum atomic E-state index is 12.1. The molecule has 0 aliphatic carbocycles. The number of nitrogens with zero attached hydrogens (tertiary/aromatic N) is 4. The number of carbonyl (C=O) groups excluding carboxylic acids is 1. The van der Waals surface area contributed by atoms with Gasteiger partial charge in [-0.25, -0.2) is 9.50 Å². The third-order valence-electron chi connectivity index (χ3n) is 6.51. The third kappa shape index (κ3) is 5.19. The fourth-order valence-corrected chi connectivity index (χ4v) is 4.83. The Morgan fingerprint density at radius 3 is 2.82 bits per heavy atom. The van der Waals surface area contributed by atoms with Crippen molar-refractivity contribution in [1.29, 1.82) is 0 Å². The summed E-state index contributed by atoms with van der Waals surface area (Å²) >= 11 is 0. The van der Waals surface area contributed by atoms with Gasteiger partial charge in [0.25, 0.3) is 0 Å². The van der Waals surface area contributed by atoms with Crippen molar-refractivity contribution in [1.82, 2.24) is 24.8 Å². The summed E-state index contributed by atoms with van der Waals surface area (Å²) in [5, 5.41) is 7.91. The Balaban J connectivity index is 1.48. The molecule has 33 heavy (non-hydrogen) atoms. The van der Waals surface area contributed by atoms with E-state index in [1.165, 1.54) is 5.56 Å². The fourth-order valence-electron chi connectivity index (χ4n) is 4.83. The number of amides is 1. The average Bonchev–Trinajstić information content (AvgIpc) is 3.40. The van der Waals surface area contributed by atoms with E-state index < -0.39 is 0 Å². The maximum absolute atomic E-state index is 12.1. The number of aryl methyl sites for hydroxylation is 2. The van der Waals surface area contributed by atoms with Gasteiger partial charge in [0.2, 0.25) is 5.91 Å². The number of para-hydroxylation sites is 1. The average molecular weight is 450 g/mol. The molecule has 3 heterocycles. The van der Waals surface area contributed by atoms with Gasteiger partial charge >= 0.3 is 0 Å². The second-order valence-corrected chi connectivity index (χ2v) is 9.36. The summed E-state index contributed by atoms with van der Waals surface area (Å²) in [6.07, 6.45) is 2.21. The SMILES string of the molecule is COc1ccccc1CN1CC[C@H](c2cc3nc(C)c(CCC(=O)NC(C)C)c(C)n3n2)C1. The normalized spacial score (nSPS) is 16.6. The van der Waals surface area contributed by atoms with Crippen LogP contribution in [0.4, 0.5) is 0 Å². The Labute approximate surface area is 196 Å². The Hall–Kier alpha value is -2.93. The highest BCUT2D eigenvalue weighted by molar-refractivity contribution is 5.76. The zero-order valence-electron chi connectivity index (χ0n) is 20.4. The molecule has 0 spiro atoms. The lowest BCUT2D eigenvalue weighted by molar-refractivity contribution is -0.121. The molecule has 0 unspecified atom stereocenters. The van der Waals surface area contributed by atoms with Gasteiger partial charge in [-0.2, -0.15) is 5.10 Å². The van der Waals surface area contributed by atoms with Gasteiger partial charge < -0.3 is 10.1 Å². The van der Waals surface area contributed by atoms with Crippen LogP contribution in [0.2, 0.25) is 0 Å². The predicted octanol–water partition coefficient (Wildman–Crippen LogP) is 3.80. The van der Waals surface area contributed by atoms with Crippen molar-refractivity contribution in [3.05, 3.63) is 58.5 Å². The lowest BCUT2D eigenvalue weighted by Gasteiger charge is -2.17. The van der Waals surface area contributed by atoms with E-state index in [-0.39, 0.29) is 11.9 Å². The number of fused-ring (bicyclic) bond motifs is 1. The number of hydrogen-bond acceptors (Lipinski definition) is 5. The quantitative estimate of drug-likeness (QED) is 0.566. The van der Waals surface area contributed by atoms with Gasteiger partial charge in [-0.1, -0.05) is 18.2 Å². The number of ether oxygens (including phenoxy) is 1. The van der Waals surface area contributed by atoms with Crippen LogP contribution in [-0.2, 0) is 17.8 Å². The molecule has 1 aromatic carbocycles. The van der Waals surface area contributed by atoms with Crippen LogP contribution < -0.4 is 10.1 Å². The molecule has 1 N–H and O–H groups in total. The van der Waals surface area contributed by atoms with Crippen LogP contribution in [0.5, 0.6) is 5.75 Å². The zero-order chi connectivity index (χ0) is 23.5. The largest absolute Gasteiger partial charge is 0.496 e. The molecule has 4 rings (SSSR count). The van der Waals surface area contributed by atoms with Crippen molar-refractivity contribution < 1.29 is 9.53 Å². The number of likely N-dealkylation sites (tertiary alicyclic amines) is 1. The first-order valence-corrected chi connectivity index (χ1v) is 11.8. The van der Waals surface area contributed by atoms with E-state index in [1.54, 1.807) is 7.11 Å². The molecule has 3 aromatic rings. The zero-order valence-corrected chi connectivity index (χ0v) is 20.4. The van der Waals surface area contributed by atoms with Crippen molar-refractivity contribution in [3.63, 3.8) is 0 Å². The molecule has 1 atom stereocenters. The highest BCUT2D eigenvalue weighted by Crippen LogP contribution is 2.30. The number of benzene rings is 1. The number of hydrogen-bond donors (Lipinski definition) is 1. The van der Waals surface area contributed by atoms with Gasteiger partial charge in [0, 0.05) is 54.5 Å². The van der Waals surface area contributed by atoms with Gasteiger partial charge in [0.05, 0.1) is 12.8 Å². The lowest BCUT2D eigenvalue weighted by atomic mass is 10.1. The molecule has 2 aromatic heterocycles. The topological polar surface area (TPSA) is 71.8 Å². The maximum Gasteiger partial charge on any atom is 0.220 e. The van der Waals surface area contributed by atoms with E-state index in [2.05, 4.69) is 35.3 Å². The highest BCUT2D eigenvalue weighted by Gasteiger charge is 2.27. The smallest absolute Gasteiger partial charge is 0.220 e. The minimum absolute atomic E-state index is 0.0751. The summed E-state index contributed by atoms with van der Waals surface area (Å²) in [5.74, 6) is 1.41. The molecule has 176 valence electrons. The van der Waals surface area contributed by atoms with Gasteiger partial charge in [-0.3, -0.25) is 9.69 Å². The Kier molecular flexibility index (Phi) is 6.98. The van der Waals surface area contributed by atoms with Crippen molar-refractivity contribution in [2.24, 2.45) is 0 Å². The van der Waals surface area contributed by atoms with Gasteiger partial charge in [-0.05, 0) is 58.7 Å². The standard InChI is InChI=1S/C26H35N5O2/c1-17(2)27-26(32)11-10-22-18(3)28-25-14-23(29-31(25)19(22)4)20-12-13-30(15-20)16-21-8-6-7-9-24(21)33-5/h6-9,14,17,20H,10-13,15-16H2,1-5H3,(H,27,32)/t20-/m0/s1. The Morgan fingerprint density at radius 2 is 2.06 bits per heavy atom. The van der Waals surface area contributed by atoms with E-state index in [0.29, 0.717) is 18.8 Å². The van der Waals surface area contributed by atoms with Gasteiger partial charge in [0.15, 0.2) is 5.65 Å². The number of methoxy groups -OCH3 is 1. The molecule has 7 heteroatoms. The summed E-state index contributed by atoms with van der Waals surface area (Å²) in [4.78, 5) is 19.4. The molecule has 1 aliphatic heterocycles. The van der Waals surface area contributed by atoms with E-state index in [4.69, 9.17) is 14.8 Å². The summed E-state index contributed by atoms with van der Waals surface area (Å²) in [6, 6.07) is 10.5. The van der Waals surface area contributed by atoms with Crippen molar-refractivity contribution in [2.75, 3.05) is 20.2 Å². The Bertz CT molecular complexity index is 1140. The Morgan fingerprint density at radius 1 is 1.27 bits per heavy atom. The van der Waals surface area contributed by atoms with Crippen molar-refractivity contribution in [2.45, 2.75) is 65.5 Å². The fraction of sp³-hybridized carbons (Fsp3) is 0.500. The molecule has 1 fully saturated rings. The van der Waals surface area contributed by atoms with E-state index in [9.17, 15) is 4.79 Å². The molecular formula is C26H35N5O2. The number of carbonyl (C=O) groups is 1. The third-order valence-corrected chi connectivity index (χ3v) is 6.51. The first-order valence-electron chi connectivity index (χ1n) is 11.8. The molecule has 1 aliphatic rings. The monoisotopic (exact) mass is 449 g/mol. The molecule has 1 amide bonds. The van der Waals surface area contributed by atoms with Crippen molar-refractivity contribution in [3.8, 4) is 5.75 Å².